The molecule has 0 saturated carbocycles. The molecule has 2 fully saturated rings. The van der Waals surface area contributed by atoms with Crippen LogP contribution in [0.1, 0.15) is 38.5 Å². The Balaban J connectivity index is 1.74. The van der Waals surface area contributed by atoms with Gasteiger partial charge in [-0.1, -0.05) is 0 Å². The number of ether oxygens (including phenoxy) is 1. The highest BCUT2D eigenvalue weighted by molar-refractivity contribution is 5.76. The van der Waals surface area contributed by atoms with Crippen molar-refractivity contribution < 1.29 is 14.6 Å². The minimum atomic E-state index is -0.213. The van der Waals surface area contributed by atoms with Crippen LogP contribution >= 0.6 is 0 Å². The summed E-state index contributed by atoms with van der Waals surface area (Å²) in [6.07, 6.45) is 5.20. The third-order valence-corrected chi connectivity index (χ3v) is 3.49. The number of likely N-dealkylation sites (tertiary alicyclic amines) is 1. The lowest BCUT2D eigenvalue weighted by Gasteiger charge is -2.31. The number of carbonyl (C=O) groups excluding carboxylic acids is 1. The first-order valence-corrected chi connectivity index (χ1v) is 6.33. The molecular weight excluding hydrogens is 206 g/mol. The van der Waals surface area contributed by atoms with E-state index >= 15 is 0 Å². The van der Waals surface area contributed by atoms with Crippen molar-refractivity contribution in [1.29, 1.82) is 0 Å². The average Bonchev–Trinajstić information content (AvgIpc) is 2.31. The normalized spacial score (nSPS) is 28.1. The molecule has 1 N–H and O–H groups in total. The lowest BCUT2D eigenvalue weighted by molar-refractivity contribution is -0.137. The molecule has 0 bridgehead atoms. The zero-order valence-electron chi connectivity index (χ0n) is 9.73. The summed E-state index contributed by atoms with van der Waals surface area (Å²) in [5.41, 5.74) is 0. The van der Waals surface area contributed by atoms with E-state index in [1.54, 1.807) is 0 Å². The number of hydrogen-bond acceptors (Lipinski definition) is 3. The molecule has 0 aromatic rings. The summed E-state index contributed by atoms with van der Waals surface area (Å²) in [7, 11) is 0. The Hall–Kier alpha value is -0.610. The highest BCUT2D eigenvalue weighted by Gasteiger charge is 2.24. The predicted molar refractivity (Wildman–Crippen MR) is 60.0 cm³/mol. The number of nitrogens with zero attached hydrogens (tertiary/aromatic N) is 1. The molecule has 2 saturated heterocycles. The van der Waals surface area contributed by atoms with Crippen LogP contribution in [0.5, 0.6) is 0 Å². The van der Waals surface area contributed by atoms with Crippen molar-refractivity contribution in [2.75, 3.05) is 19.7 Å². The lowest BCUT2D eigenvalue weighted by atomic mass is 10.0. The highest BCUT2D eigenvalue weighted by atomic mass is 16.5. The number of amides is 1. The van der Waals surface area contributed by atoms with Crippen molar-refractivity contribution in [3.63, 3.8) is 0 Å². The number of aliphatic hydroxyl groups excluding tert-OH is 1. The van der Waals surface area contributed by atoms with Crippen LogP contribution < -0.4 is 0 Å². The lowest BCUT2D eigenvalue weighted by Crippen LogP contribution is -2.41. The molecule has 2 heterocycles. The molecule has 0 aliphatic carbocycles. The topological polar surface area (TPSA) is 49.8 Å². The minimum Gasteiger partial charge on any atom is -0.393 e. The first kappa shape index (κ1) is 11.9. The van der Waals surface area contributed by atoms with Gasteiger partial charge in [0.1, 0.15) is 0 Å². The average molecular weight is 227 g/mol. The Morgan fingerprint density at radius 2 is 2.00 bits per heavy atom. The summed E-state index contributed by atoms with van der Waals surface area (Å²) in [6.45, 7) is 2.20. The third kappa shape index (κ3) is 3.19. The molecule has 2 rings (SSSR count). The highest BCUT2D eigenvalue weighted by Crippen LogP contribution is 2.18. The Kier molecular flexibility index (Phi) is 4.18. The monoisotopic (exact) mass is 227 g/mol. The molecular formula is C12H21NO3. The van der Waals surface area contributed by atoms with Crippen LogP contribution in [0.25, 0.3) is 0 Å². The fraction of sp³-hybridized carbons (Fsp3) is 0.917. The van der Waals surface area contributed by atoms with Crippen LogP contribution in [0, 0.1) is 0 Å². The first-order chi connectivity index (χ1) is 7.75. The molecule has 2 aliphatic rings. The van der Waals surface area contributed by atoms with Gasteiger partial charge in [-0.05, 0) is 32.1 Å². The maximum Gasteiger partial charge on any atom is 0.225 e. The zero-order chi connectivity index (χ0) is 11.4. The summed E-state index contributed by atoms with van der Waals surface area (Å²) in [5.74, 6) is 0.193. The van der Waals surface area contributed by atoms with Gasteiger partial charge in [0, 0.05) is 19.7 Å². The molecule has 16 heavy (non-hydrogen) atoms. The number of carbonyl (C=O) groups is 1. The van der Waals surface area contributed by atoms with Gasteiger partial charge < -0.3 is 14.7 Å². The van der Waals surface area contributed by atoms with Gasteiger partial charge >= 0.3 is 0 Å². The number of rotatable bonds is 2. The van der Waals surface area contributed by atoms with Crippen LogP contribution in [0.3, 0.4) is 0 Å². The maximum absolute atomic E-state index is 11.9. The van der Waals surface area contributed by atoms with Crippen molar-refractivity contribution in [2.24, 2.45) is 0 Å². The molecule has 1 unspecified atom stereocenters. The van der Waals surface area contributed by atoms with Crippen molar-refractivity contribution in [3.05, 3.63) is 0 Å². The minimum absolute atomic E-state index is 0.133. The van der Waals surface area contributed by atoms with Crippen LogP contribution in [0.2, 0.25) is 0 Å². The molecule has 4 heteroatoms. The Morgan fingerprint density at radius 1 is 1.25 bits per heavy atom. The molecule has 2 aliphatic heterocycles. The zero-order valence-corrected chi connectivity index (χ0v) is 9.73. The molecule has 1 amide bonds. The molecule has 0 aromatic heterocycles. The van der Waals surface area contributed by atoms with E-state index in [9.17, 15) is 9.90 Å². The van der Waals surface area contributed by atoms with E-state index in [-0.39, 0.29) is 18.1 Å². The van der Waals surface area contributed by atoms with E-state index < -0.39 is 0 Å². The second-order valence-electron chi connectivity index (χ2n) is 4.80. The Labute approximate surface area is 96.6 Å². The van der Waals surface area contributed by atoms with E-state index in [1.165, 1.54) is 6.42 Å². The Bertz CT molecular complexity index is 230. The van der Waals surface area contributed by atoms with E-state index in [0.717, 1.165) is 32.3 Å². The van der Waals surface area contributed by atoms with E-state index in [4.69, 9.17) is 4.74 Å². The molecule has 1 atom stereocenters. The van der Waals surface area contributed by atoms with Crippen molar-refractivity contribution >= 4 is 5.91 Å². The second kappa shape index (κ2) is 5.64. The van der Waals surface area contributed by atoms with Crippen LogP contribution in [-0.2, 0) is 9.53 Å². The predicted octanol–water partition coefficient (Wildman–Crippen LogP) is 0.929. The van der Waals surface area contributed by atoms with E-state index in [0.29, 0.717) is 19.5 Å². The van der Waals surface area contributed by atoms with Gasteiger partial charge in [0.15, 0.2) is 0 Å². The summed E-state index contributed by atoms with van der Waals surface area (Å²) in [6, 6.07) is 0. The van der Waals surface area contributed by atoms with Gasteiger partial charge in [-0.15, -0.1) is 0 Å². The van der Waals surface area contributed by atoms with Gasteiger partial charge in [0.2, 0.25) is 5.91 Å². The smallest absolute Gasteiger partial charge is 0.225 e. The molecule has 4 nitrogen and oxygen atoms in total. The summed E-state index contributed by atoms with van der Waals surface area (Å²) >= 11 is 0. The number of piperidine rings is 1. The van der Waals surface area contributed by atoms with E-state index in [1.807, 2.05) is 4.90 Å². The van der Waals surface area contributed by atoms with Crippen LogP contribution in [-0.4, -0.2) is 47.8 Å². The number of hydrogen-bond donors (Lipinski definition) is 1. The second-order valence-corrected chi connectivity index (χ2v) is 4.80. The molecule has 0 radical (unpaired) electrons. The molecule has 92 valence electrons. The van der Waals surface area contributed by atoms with Gasteiger partial charge in [0.25, 0.3) is 0 Å². The SMILES string of the molecule is O=C(CC1CCCCO1)N1CCC(O)CC1. The van der Waals surface area contributed by atoms with Crippen molar-refractivity contribution in [1.82, 2.24) is 4.90 Å². The van der Waals surface area contributed by atoms with Gasteiger partial charge in [-0.2, -0.15) is 0 Å². The number of aliphatic hydroxyl groups is 1. The van der Waals surface area contributed by atoms with E-state index in [2.05, 4.69) is 0 Å². The quantitative estimate of drug-likeness (QED) is 0.763. The fourth-order valence-electron chi connectivity index (χ4n) is 2.41. The maximum atomic E-state index is 11.9. The Morgan fingerprint density at radius 3 is 2.62 bits per heavy atom. The summed E-state index contributed by atoms with van der Waals surface area (Å²) in [5, 5.41) is 9.37. The molecule has 0 spiro atoms. The van der Waals surface area contributed by atoms with Crippen LogP contribution in [0.15, 0.2) is 0 Å². The summed E-state index contributed by atoms with van der Waals surface area (Å²) < 4.78 is 5.56. The first-order valence-electron chi connectivity index (χ1n) is 6.33. The van der Waals surface area contributed by atoms with Gasteiger partial charge in [-0.3, -0.25) is 4.79 Å². The third-order valence-electron chi connectivity index (χ3n) is 3.49. The van der Waals surface area contributed by atoms with Crippen LogP contribution in [0.4, 0.5) is 0 Å². The van der Waals surface area contributed by atoms with Crippen molar-refractivity contribution in [2.45, 2.75) is 50.7 Å². The fourth-order valence-corrected chi connectivity index (χ4v) is 2.41. The summed E-state index contributed by atoms with van der Waals surface area (Å²) in [4.78, 5) is 13.8. The largest absolute Gasteiger partial charge is 0.393 e. The molecule has 0 aromatic carbocycles. The van der Waals surface area contributed by atoms with Gasteiger partial charge in [0.05, 0.1) is 18.6 Å². The standard InChI is InChI=1S/C12H21NO3/c14-10-4-6-13(7-5-10)12(15)9-11-3-1-2-8-16-11/h10-11,14H,1-9H2. The van der Waals surface area contributed by atoms with Crippen molar-refractivity contribution in [3.8, 4) is 0 Å². The van der Waals surface area contributed by atoms with Gasteiger partial charge in [-0.25, -0.2) is 0 Å².